The highest BCUT2D eigenvalue weighted by Crippen LogP contribution is 2.38. The number of aromatic nitrogens is 1. The second-order valence-corrected chi connectivity index (χ2v) is 9.47. The first-order valence-electron chi connectivity index (χ1n) is 9.08. The van der Waals surface area contributed by atoms with Gasteiger partial charge in [0.2, 0.25) is 26.6 Å². The van der Waals surface area contributed by atoms with Gasteiger partial charge in [-0.1, -0.05) is 23.2 Å². The number of piperidine rings is 1. The number of anilines is 1. The summed E-state index contributed by atoms with van der Waals surface area (Å²) in [5.74, 6) is -0.253. The van der Waals surface area contributed by atoms with Gasteiger partial charge in [-0.25, -0.2) is 12.8 Å². The quantitative estimate of drug-likeness (QED) is 0.479. The van der Waals surface area contributed by atoms with E-state index in [1.54, 1.807) is 12.1 Å². The third kappa shape index (κ3) is 3.99. The van der Waals surface area contributed by atoms with Crippen LogP contribution in [0.15, 0.2) is 56.8 Å². The molecule has 29 heavy (non-hydrogen) atoms. The monoisotopic (exact) mass is 454 g/mol. The van der Waals surface area contributed by atoms with Crippen molar-refractivity contribution in [3.8, 4) is 11.5 Å². The van der Waals surface area contributed by atoms with Crippen LogP contribution in [0, 0.1) is 5.82 Å². The summed E-state index contributed by atoms with van der Waals surface area (Å²) in [5.41, 5.74) is 0.440. The summed E-state index contributed by atoms with van der Waals surface area (Å²) in [6.45, 7) is 1.32. The van der Waals surface area contributed by atoms with Crippen LogP contribution in [0.4, 0.5) is 10.3 Å². The lowest BCUT2D eigenvalue weighted by Gasteiger charge is -2.26. The normalized spacial score (nSPS) is 14.9. The Morgan fingerprint density at radius 1 is 1.00 bits per heavy atom. The third-order valence-corrected chi connectivity index (χ3v) is 6.98. The molecule has 0 aliphatic carbocycles. The van der Waals surface area contributed by atoms with Gasteiger partial charge < -0.3 is 9.32 Å². The third-order valence-electron chi connectivity index (χ3n) is 4.76. The maximum absolute atomic E-state index is 13.3. The molecule has 0 spiro atoms. The SMILES string of the molecule is O=S(=O)(c1ccc(F)cc1)c1nc(-c2ccc(Cl)cc2Cl)oc1N1CCCCC1. The molecule has 5 nitrogen and oxygen atoms in total. The number of hydrogen-bond donors (Lipinski definition) is 0. The molecule has 0 saturated carbocycles. The minimum Gasteiger partial charge on any atom is -0.419 e. The Morgan fingerprint density at radius 3 is 2.34 bits per heavy atom. The van der Waals surface area contributed by atoms with Gasteiger partial charge in [-0.2, -0.15) is 4.98 Å². The first-order valence-corrected chi connectivity index (χ1v) is 11.3. The molecule has 0 amide bonds. The fourth-order valence-corrected chi connectivity index (χ4v) is 5.08. The van der Waals surface area contributed by atoms with Crippen molar-refractivity contribution in [2.45, 2.75) is 29.2 Å². The van der Waals surface area contributed by atoms with E-state index >= 15 is 0 Å². The van der Waals surface area contributed by atoms with Crippen molar-refractivity contribution in [1.29, 1.82) is 0 Å². The van der Waals surface area contributed by atoms with Gasteiger partial charge in [0, 0.05) is 18.1 Å². The summed E-state index contributed by atoms with van der Waals surface area (Å²) in [4.78, 5) is 6.12. The van der Waals surface area contributed by atoms with Crippen molar-refractivity contribution >= 4 is 38.9 Å². The Kier molecular flexibility index (Phi) is 5.55. The summed E-state index contributed by atoms with van der Waals surface area (Å²) in [7, 11) is -4.03. The van der Waals surface area contributed by atoms with Crippen LogP contribution in [0.5, 0.6) is 0 Å². The van der Waals surface area contributed by atoms with Gasteiger partial charge in [-0.15, -0.1) is 0 Å². The number of benzene rings is 2. The Bertz CT molecular complexity index is 1140. The summed E-state index contributed by atoms with van der Waals surface area (Å²) < 4.78 is 45.7. The van der Waals surface area contributed by atoms with E-state index in [1.165, 1.54) is 18.2 Å². The minimum atomic E-state index is -4.03. The van der Waals surface area contributed by atoms with Crippen molar-refractivity contribution in [1.82, 2.24) is 4.98 Å². The Balaban J connectivity index is 1.87. The van der Waals surface area contributed by atoms with Gasteiger partial charge in [0.15, 0.2) is 0 Å². The lowest BCUT2D eigenvalue weighted by Crippen LogP contribution is -2.30. The molecule has 0 radical (unpaired) electrons. The summed E-state index contributed by atoms with van der Waals surface area (Å²) in [5, 5.41) is 0.544. The van der Waals surface area contributed by atoms with Crippen LogP contribution in [-0.2, 0) is 9.84 Å². The maximum atomic E-state index is 13.3. The van der Waals surface area contributed by atoms with Gasteiger partial charge in [-0.05, 0) is 61.7 Å². The highest BCUT2D eigenvalue weighted by molar-refractivity contribution is 7.91. The highest BCUT2D eigenvalue weighted by atomic mass is 35.5. The predicted octanol–water partition coefficient (Wildman–Crippen LogP) is 5.61. The first-order chi connectivity index (χ1) is 13.9. The average molecular weight is 455 g/mol. The number of halogens is 3. The molecule has 4 rings (SSSR count). The zero-order chi connectivity index (χ0) is 20.6. The first kappa shape index (κ1) is 20.2. The van der Waals surface area contributed by atoms with E-state index in [1.807, 2.05) is 4.90 Å². The van der Waals surface area contributed by atoms with Crippen LogP contribution in [0.25, 0.3) is 11.5 Å². The van der Waals surface area contributed by atoms with E-state index in [-0.39, 0.29) is 21.7 Å². The van der Waals surface area contributed by atoms with Crippen molar-refractivity contribution in [2.24, 2.45) is 0 Å². The standard InChI is InChI=1S/C20H17Cl2FN2O3S/c21-13-4-9-16(17(22)12-13)18-24-19(20(28-18)25-10-2-1-3-11-25)29(26,27)15-7-5-14(23)6-8-15/h4-9,12H,1-3,10-11H2. The molecule has 1 aliphatic rings. The van der Waals surface area contributed by atoms with Gasteiger partial charge in [-0.3, -0.25) is 0 Å². The average Bonchev–Trinajstić information content (AvgIpc) is 3.15. The summed E-state index contributed by atoms with van der Waals surface area (Å²) >= 11 is 12.2. The molecule has 2 heterocycles. The van der Waals surface area contributed by atoms with E-state index < -0.39 is 15.7 Å². The van der Waals surface area contributed by atoms with Gasteiger partial charge >= 0.3 is 0 Å². The molecule has 1 saturated heterocycles. The molecule has 1 aliphatic heterocycles. The number of rotatable bonds is 4. The lowest BCUT2D eigenvalue weighted by atomic mass is 10.1. The molecule has 2 aromatic carbocycles. The van der Waals surface area contributed by atoms with Crippen LogP contribution >= 0.6 is 23.2 Å². The van der Waals surface area contributed by atoms with E-state index in [9.17, 15) is 12.8 Å². The molecule has 0 bridgehead atoms. The van der Waals surface area contributed by atoms with E-state index in [4.69, 9.17) is 27.6 Å². The molecular formula is C20H17Cl2FN2O3S. The molecule has 0 atom stereocenters. The van der Waals surface area contributed by atoms with Crippen molar-refractivity contribution in [3.05, 3.63) is 58.3 Å². The number of hydrogen-bond acceptors (Lipinski definition) is 5. The molecule has 1 fully saturated rings. The molecular weight excluding hydrogens is 438 g/mol. The molecule has 1 aromatic heterocycles. The van der Waals surface area contributed by atoms with Crippen molar-refractivity contribution in [3.63, 3.8) is 0 Å². The van der Waals surface area contributed by atoms with Gasteiger partial charge in [0.05, 0.1) is 15.5 Å². The van der Waals surface area contributed by atoms with Crippen LogP contribution in [-0.4, -0.2) is 26.5 Å². The van der Waals surface area contributed by atoms with Crippen LogP contribution in [0.3, 0.4) is 0 Å². The van der Waals surface area contributed by atoms with E-state index in [0.29, 0.717) is 28.7 Å². The Hall–Kier alpha value is -2.09. The number of nitrogens with zero attached hydrogens (tertiary/aromatic N) is 2. The van der Waals surface area contributed by atoms with Crippen molar-refractivity contribution in [2.75, 3.05) is 18.0 Å². The zero-order valence-electron chi connectivity index (χ0n) is 15.2. The van der Waals surface area contributed by atoms with Crippen LogP contribution < -0.4 is 4.90 Å². The van der Waals surface area contributed by atoms with Gasteiger partial charge in [0.25, 0.3) is 0 Å². The van der Waals surface area contributed by atoms with Gasteiger partial charge in [0.1, 0.15) is 5.82 Å². The topological polar surface area (TPSA) is 63.4 Å². The molecule has 9 heteroatoms. The fraction of sp³-hybridized carbons (Fsp3) is 0.250. The molecule has 0 unspecified atom stereocenters. The highest BCUT2D eigenvalue weighted by Gasteiger charge is 2.32. The minimum absolute atomic E-state index is 0.0563. The predicted molar refractivity (Wildman–Crippen MR) is 110 cm³/mol. The van der Waals surface area contributed by atoms with Crippen molar-refractivity contribution < 1.29 is 17.2 Å². The Morgan fingerprint density at radius 2 is 1.69 bits per heavy atom. The Labute approximate surface area is 178 Å². The van der Waals surface area contributed by atoms with Crippen LogP contribution in [0.2, 0.25) is 10.0 Å². The summed E-state index contributed by atoms with van der Waals surface area (Å²) in [6.07, 6.45) is 2.92. The largest absolute Gasteiger partial charge is 0.419 e. The second kappa shape index (κ2) is 7.97. The maximum Gasteiger partial charge on any atom is 0.236 e. The fourth-order valence-electron chi connectivity index (χ4n) is 3.27. The lowest BCUT2D eigenvalue weighted by molar-refractivity contribution is 0.499. The zero-order valence-corrected chi connectivity index (χ0v) is 17.6. The second-order valence-electron chi connectivity index (χ2n) is 6.76. The molecule has 3 aromatic rings. The number of sulfone groups is 1. The number of oxazole rings is 1. The summed E-state index contributed by atoms with van der Waals surface area (Å²) in [6, 6.07) is 9.43. The van der Waals surface area contributed by atoms with Crippen LogP contribution in [0.1, 0.15) is 19.3 Å². The molecule has 0 N–H and O–H groups in total. The van der Waals surface area contributed by atoms with E-state index in [0.717, 1.165) is 31.4 Å². The smallest absolute Gasteiger partial charge is 0.236 e. The van der Waals surface area contributed by atoms with E-state index in [2.05, 4.69) is 4.98 Å². The molecule has 152 valence electrons.